The summed E-state index contributed by atoms with van der Waals surface area (Å²) in [5.41, 5.74) is 3.42. The quantitative estimate of drug-likeness (QED) is 0.397. The van der Waals surface area contributed by atoms with Gasteiger partial charge in [-0.2, -0.15) is 0 Å². The summed E-state index contributed by atoms with van der Waals surface area (Å²) < 4.78 is 5.80. The summed E-state index contributed by atoms with van der Waals surface area (Å²) >= 11 is 0. The molecule has 1 fully saturated rings. The molecule has 33 heavy (non-hydrogen) atoms. The molecule has 0 bridgehead atoms. The van der Waals surface area contributed by atoms with Crippen LogP contribution in [0.3, 0.4) is 0 Å². The molecule has 0 aliphatic carbocycles. The maximum absolute atomic E-state index is 13.0. The van der Waals surface area contributed by atoms with Crippen molar-refractivity contribution >= 4 is 11.6 Å². The topological polar surface area (TPSA) is 75.9 Å². The smallest absolute Gasteiger partial charge is 0.272 e. The molecule has 0 unspecified atom stereocenters. The molecule has 0 aromatic heterocycles. The van der Waals surface area contributed by atoms with Gasteiger partial charge in [-0.3, -0.25) is 19.8 Å². The lowest BCUT2D eigenvalue weighted by molar-refractivity contribution is -0.385. The van der Waals surface area contributed by atoms with Gasteiger partial charge in [-0.15, -0.1) is 0 Å². The van der Waals surface area contributed by atoms with Crippen LogP contribution in [-0.4, -0.2) is 46.8 Å². The van der Waals surface area contributed by atoms with Gasteiger partial charge in [-0.05, 0) is 42.3 Å². The highest BCUT2D eigenvalue weighted by Crippen LogP contribution is 2.24. The van der Waals surface area contributed by atoms with Gasteiger partial charge in [0.05, 0.1) is 4.92 Å². The van der Waals surface area contributed by atoms with Crippen LogP contribution in [0, 0.1) is 17.0 Å². The van der Waals surface area contributed by atoms with Gasteiger partial charge in [-0.25, -0.2) is 0 Å². The second-order valence-electron chi connectivity index (χ2n) is 8.25. The molecule has 1 aliphatic heterocycles. The normalized spacial score (nSPS) is 14.2. The van der Waals surface area contributed by atoms with Crippen molar-refractivity contribution in [2.75, 3.05) is 26.2 Å². The lowest BCUT2D eigenvalue weighted by Gasteiger charge is -2.34. The van der Waals surface area contributed by atoms with Crippen molar-refractivity contribution in [3.05, 3.63) is 105 Å². The number of benzene rings is 3. The van der Waals surface area contributed by atoms with Gasteiger partial charge in [0.25, 0.3) is 11.6 Å². The summed E-state index contributed by atoms with van der Waals surface area (Å²) in [6.45, 7) is 5.97. The van der Waals surface area contributed by atoms with E-state index >= 15 is 0 Å². The monoisotopic (exact) mass is 445 g/mol. The minimum absolute atomic E-state index is 0.0300. The Balaban J connectivity index is 1.32. The van der Waals surface area contributed by atoms with Crippen LogP contribution in [0.4, 0.5) is 5.69 Å². The van der Waals surface area contributed by atoms with E-state index in [2.05, 4.69) is 29.2 Å². The van der Waals surface area contributed by atoms with Gasteiger partial charge in [0, 0.05) is 49.9 Å². The molecular formula is C26H27N3O4. The van der Waals surface area contributed by atoms with E-state index in [1.165, 1.54) is 11.6 Å². The lowest BCUT2D eigenvalue weighted by atomic mass is 10.1. The second kappa shape index (κ2) is 10.3. The minimum Gasteiger partial charge on any atom is -0.489 e. The van der Waals surface area contributed by atoms with Gasteiger partial charge in [0.2, 0.25) is 0 Å². The zero-order chi connectivity index (χ0) is 23.2. The molecule has 1 saturated heterocycles. The first-order valence-electron chi connectivity index (χ1n) is 11.0. The fourth-order valence-electron chi connectivity index (χ4n) is 4.02. The molecular weight excluding hydrogens is 418 g/mol. The Morgan fingerprint density at radius 2 is 1.67 bits per heavy atom. The molecule has 0 spiro atoms. The number of ether oxygens (including phenoxy) is 1. The van der Waals surface area contributed by atoms with Gasteiger partial charge in [0.15, 0.2) is 0 Å². The second-order valence-corrected chi connectivity index (χ2v) is 8.25. The number of amides is 1. The largest absolute Gasteiger partial charge is 0.489 e. The predicted octanol–water partition coefficient (Wildman–Crippen LogP) is 4.44. The van der Waals surface area contributed by atoms with Crippen molar-refractivity contribution in [2.45, 2.75) is 20.1 Å². The number of aryl methyl sites for hydroxylation is 1. The van der Waals surface area contributed by atoms with Crippen LogP contribution in [0.5, 0.6) is 5.75 Å². The van der Waals surface area contributed by atoms with E-state index in [1.54, 1.807) is 19.1 Å². The molecule has 7 nitrogen and oxygen atoms in total. The SMILES string of the molecule is Cc1cc(OCc2cccc(C(=O)N3CCN(Cc4ccccc4)CC3)c2)ccc1[N+](=O)[O-]. The Bertz CT molecular complexity index is 1130. The zero-order valence-corrected chi connectivity index (χ0v) is 18.6. The highest BCUT2D eigenvalue weighted by molar-refractivity contribution is 5.94. The number of piperazine rings is 1. The van der Waals surface area contributed by atoms with Gasteiger partial charge < -0.3 is 9.64 Å². The molecule has 170 valence electrons. The third-order valence-electron chi connectivity index (χ3n) is 5.85. The third-order valence-corrected chi connectivity index (χ3v) is 5.85. The van der Waals surface area contributed by atoms with Gasteiger partial charge in [-0.1, -0.05) is 42.5 Å². The van der Waals surface area contributed by atoms with Gasteiger partial charge in [0.1, 0.15) is 12.4 Å². The summed E-state index contributed by atoms with van der Waals surface area (Å²) in [5.74, 6) is 0.590. The van der Waals surface area contributed by atoms with Crippen LogP contribution in [0.25, 0.3) is 0 Å². The summed E-state index contributed by atoms with van der Waals surface area (Å²) in [6.07, 6.45) is 0. The molecule has 1 amide bonds. The number of nitro groups is 1. The Morgan fingerprint density at radius 1 is 0.939 bits per heavy atom. The molecule has 0 atom stereocenters. The fraction of sp³-hybridized carbons (Fsp3) is 0.269. The van der Waals surface area contributed by atoms with Crippen molar-refractivity contribution in [3.8, 4) is 5.75 Å². The Morgan fingerprint density at radius 3 is 2.36 bits per heavy atom. The van der Waals surface area contributed by atoms with Crippen molar-refractivity contribution in [1.82, 2.24) is 9.80 Å². The first kappa shape index (κ1) is 22.5. The Hall–Kier alpha value is -3.71. The van der Waals surface area contributed by atoms with Crippen LogP contribution in [0.1, 0.15) is 27.0 Å². The number of nitrogens with zero attached hydrogens (tertiary/aromatic N) is 3. The average Bonchev–Trinajstić information content (AvgIpc) is 2.83. The average molecular weight is 446 g/mol. The molecule has 3 aromatic carbocycles. The van der Waals surface area contributed by atoms with E-state index < -0.39 is 4.92 Å². The number of carbonyl (C=O) groups is 1. The molecule has 0 radical (unpaired) electrons. The van der Waals surface area contributed by atoms with Gasteiger partial charge >= 0.3 is 0 Å². The van der Waals surface area contributed by atoms with E-state index in [0.717, 1.165) is 25.2 Å². The van der Waals surface area contributed by atoms with Crippen LogP contribution in [-0.2, 0) is 13.2 Å². The molecule has 1 heterocycles. The molecule has 0 saturated carbocycles. The first-order valence-corrected chi connectivity index (χ1v) is 11.0. The third kappa shape index (κ3) is 5.75. The Kier molecular flexibility index (Phi) is 7.00. The summed E-state index contributed by atoms with van der Waals surface area (Å²) in [5, 5.41) is 11.0. The highest BCUT2D eigenvalue weighted by Gasteiger charge is 2.22. The van der Waals surface area contributed by atoms with Crippen molar-refractivity contribution in [1.29, 1.82) is 0 Å². The minimum atomic E-state index is -0.407. The predicted molar refractivity (Wildman–Crippen MR) is 126 cm³/mol. The van der Waals surface area contributed by atoms with E-state index in [1.807, 2.05) is 35.2 Å². The van der Waals surface area contributed by atoms with Crippen molar-refractivity contribution in [2.24, 2.45) is 0 Å². The molecule has 7 heteroatoms. The summed E-state index contributed by atoms with van der Waals surface area (Å²) in [7, 11) is 0. The number of hydrogen-bond acceptors (Lipinski definition) is 5. The number of hydrogen-bond donors (Lipinski definition) is 0. The maximum atomic E-state index is 13.0. The fourth-order valence-corrected chi connectivity index (χ4v) is 4.02. The van der Waals surface area contributed by atoms with Crippen molar-refractivity contribution < 1.29 is 14.5 Å². The van der Waals surface area contributed by atoms with Crippen molar-refractivity contribution in [3.63, 3.8) is 0 Å². The number of rotatable bonds is 7. The molecule has 1 aliphatic rings. The maximum Gasteiger partial charge on any atom is 0.272 e. The summed E-state index contributed by atoms with van der Waals surface area (Å²) in [6, 6.07) is 22.5. The Labute approximate surface area is 193 Å². The zero-order valence-electron chi connectivity index (χ0n) is 18.6. The van der Waals surface area contributed by atoms with Crippen LogP contribution >= 0.6 is 0 Å². The molecule has 0 N–H and O–H groups in total. The molecule has 3 aromatic rings. The van der Waals surface area contributed by atoms with E-state index in [9.17, 15) is 14.9 Å². The van der Waals surface area contributed by atoms with Crippen LogP contribution in [0.2, 0.25) is 0 Å². The highest BCUT2D eigenvalue weighted by atomic mass is 16.6. The van der Waals surface area contributed by atoms with Crippen LogP contribution in [0.15, 0.2) is 72.8 Å². The molecule has 4 rings (SSSR count). The lowest BCUT2D eigenvalue weighted by Crippen LogP contribution is -2.48. The number of nitro benzene ring substituents is 1. The summed E-state index contributed by atoms with van der Waals surface area (Å²) in [4.78, 5) is 27.9. The van der Waals surface area contributed by atoms with E-state index in [4.69, 9.17) is 4.74 Å². The van der Waals surface area contributed by atoms with Crippen LogP contribution < -0.4 is 4.74 Å². The number of carbonyl (C=O) groups excluding carboxylic acids is 1. The standard InChI is InChI=1S/C26H27N3O4/c1-20-16-24(10-11-25(20)29(31)32)33-19-22-8-5-9-23(17-22)26(30)28-14-12-27(13-15-28)18-21-6-3-2-4-7-21/h2-11,16-17H,12-15,18-19H2,1H3. The van der Waals surface area contributed by atoms with E-state index in [0.29, 0.717) is 30.0 Å². The van der Waals surface area contributed by atoms with E-state index in [-0.39, 0.29) is 18.2 Å². The first-order chi connectivity index (χ1) is 16.0.